The number of fused-ring (bicyclic) bond motifs is 5. The first-order valence-electron chi connectivity index (χ1n) is 30.7. The number of hydrogen-bond acceptors (Lipinski definition) is 20. The molecule has 3 fully saturated rings. The standard InChI is InChI=1S/C64H85ClN8O18S/c1-38-17-16-20-50(86-10)64(84)35-49(89-60(81)68-64)39(2)44-34-63(44,4)51(33-55(77)72(8)47-31-42(29-38)32-48(85-9)57(47)65)90-58(79)40(3)71(7)52(74)25-28-92-62(83)70(6)27-26-69(5)61(82)87-37-41-21-22-45(67-59(80)88-43-18-14-12-11-13-15-19-43)46(30-41)66-36-56(78)91-73-53(75)23-24-54(73)76/h14,16-18,20-22,30-32,39-40,43-44,49-51,66,84H,11-13,15,19,23-29,33-37H2,1-10H3,(H,67,80)(H,68,81)/b18-14+,20-16+,38-17+/t39-,40-,43?,44-,49-,50+,51-,63?,64-/m0/s1. The van der Waals surface area contributed by atoms with Crippen LogP contribution in [0, 0.1) is 17.3 Å². The number of methoxy groups -OCH3 is 2. The number of esters is 1. The molecule has 2 aliphatic carbocycles. The Kier molecular flexibility index (Phi) is 25.0. The number of rotatable bonds is 19. The van der Waals surface area contributed by atoms with Gasteiger partial charge < -0.3 is 63.3 Å². The predicted molar refractivity (Wildman–Crippen MR) is 340 cm³/mol. The Hall–Kier alpha value is -7.88. The Bertz CT molecular complexity index is 3190. The summed E-state index contributed by atoms with van der Waals surface area (Å²) in [7, 11) is 8.92. The van der Waals surface area contributed by atoms with Gasteiger partial charge in [0.2, 0.25) is 11.8 Å². The molecule has 2 saturated heterocycles. The van der Waals surface area contributed by atoms with Crippen LogP contribution in [-0.2, 0) is 70.3 Å². The number of nitrogens with one attached hydrogen (secondary N) is 3. The zero-order valence-electron chi connectivity index (χ0n) is 53.7. The molecule has 2 aromatic carbocycles. The summed E-state index contributed by atoms with van der Waals surface area (Å²) in [6.45, 7) is 6.53. The Morgan fingerprint density at radius 3 is 2.38 bits per heavy atom. The molecule has 2 aromatic rings. The quantitative estimate of drug-likeness (QED) is 0.0445. The van der Waals surface area contributed by atoms with Crippen LogP contribution < -0.4 is 25.6 Å². The lowest BCUT2D eigenvalue weighted by molar-refractivity contribution is -0.196. The lowest BCUT2D eigenvalue weighted by Crippen LogP contribution is -2.63. The predicted octanol–water partition coefficient (Wildman–Crippen LogP) is 8.28. The summed E-state index contributed by atoms with van der Waals surface area (Å²) in [5.41, 5.74) is 0.187. The highest BCUT2D eigenvalue weighted by molar-refractivity contribution is 8.13. The van der Waals surface area contributed by atoms with E-state index in [1.165, 1.54) is 74.0 Å². The summed E-state index contributed by atoms with van der Waals surface area (Å²) in [5.74, 6) is -4.26. The molecular weight excluding hydrogens is 1240 g/mol. The van der Waals surface area contributed by atoms with E-state index in [-0.39, 0.29) is 79.9 Å². The summed E-state index contributed by atoms with van der Waals surface area (Å²) in [6.07, 6.45) is 8.16. The minimum absolute atomic E-state index is 0.0402. The van der Waals surface area contributed by atoms with Crippen molar-refractivity contribution < 1.29 is 86.3 Å². The van der Waals surface area contributed by atoms with Crippen molar-refractivity contribution in [1.82, 2.24) is 25.1 Å². The number of anilines is 3. The van der Waals surface area contributed by atoms with Gasteiger partial charge in [0.1, 0.15) is 54.4 Å². The van der Waals surface area contributed by atoms with E-state index in [1.54, 1.807) is 37.4 Å². The number of likely N-dealkylation sites (N-methyl/N-ethyl adjacent to an activating group) is 3. The van der Waals surface area contributed by atoms with Gasteiger partial charge in [0.15, 0.2) is 5.72 Å². The largest absolute Gasteiger partial charge is 0.495 e. The first-order chi connectivity index (χ1) is 43.6. The molecule has 0 aromatic heterocycles. The van der Waals surface area contributed by atoms with Crippen LogP contribution in [0.25, 0.3) is 0 Å². The number of hydrogen-bond donors (Lipinski definition) is 4. The third-order valence-electron chi connectivity index (χ3n) is 17.4. The number of carbonyl (C=O) groups is 10. The number of thioether (sulfide) groups is 1. The van der Waals surface area contributed by atoms with E-state index in [2.05, 4.69) is 16.0 Å². The van der Waals surface area contributed by atoms with Crippen LogP contribution >= 0.6 is 23.4 Å². The fourth-order valence-electron chi connectivity index (χ4n) is 11.4. The van der Waals surface area contributed by atoms with Gasteiger partial charge in [-0.3, -0.25) is 34.6 Å². The first-order valence-corrected chi connectivity index (χ1v) is 32.0. The second-order valence-corrected chi connectivity index (χ2v) is 25.6. The number of alkyl carbamates (subject to hydrolysis) is 1. The topological polar surface area (TPSA) is 308 Å². The number of amides is 8. The Morgan fingerprint density at radius 2 is 1.66 bits per heavy atom. The molecule has 0 radical (unpaired) electrons. The summed E-state index contributed by atoms with van der Waals surface area (Å²) < 4.78 is 34.6. The highest BCUT2D eigenvalue weighted by Gasteiger charge is 2.62. The van der Waals surface area contributed by atoms with Crippen molar-refractivity contribution in [3.05, 3.63) is 82.4 Å². The number of imide groups is 1. The van der Waals surface area contributed by atoms with Crippen molar-refractivity contribution in [2.24, 2.45) is 17.3 Å². The molecule has 9 atom stereocenters. The first kappa shape index (κ1) is 71.6. The summed E-state index contributed by atoms with van der Waals surface area (Å²) >= 11 is 7.73. The molecule has 0 spiro atoms. The molecule has 3 heterocycles. The molecule has 1 saturated carbocycles. The van der Waals surface area contributed by atoms with E-state index in [9.17, 15) is 53.1 Å². The molecule has 5 aliphatic rings. The zero-order chi connectivity index (χ0) is 67.2. The van der Waals surface area contributed by atoms with Gasteiger partial charge in [0.25, 0.3) is 17.1 Å². The Labute approximate surface area is 544 Å². The maximum absolute atomic E-state index is 14.5. The number of hydroxylamine groups is 2. The molecule has 2 unspecified atom stereocenters. The molecule has 92 heavy (non-hydrogen) atoms. The summed E-state index contributed by atoms with van der Waals surface area (Å²) in [4.78, 5) is 142. The van der Waals surface area contributed by atoms with Gasteiger partial charge in [-0.05, 0) is 106 Å². The Morgan fingerprint density at radius 1 is 0.935 bits per heavy atom. The lowest BCUT2D eigenvalue weighted by Gasteiger charge is -2.42. The number of halogens is 1. The van der Waals surface area contributed by atoms with Gasteiger partial charge in [-0.2, -0.15) is 0 Å². The highest BCUT2D eigenvalue weighted by Crippen LogP contribution is 2.61. The molecule has 7 rings (SSSR count). The smallest absolute Gasteiger partial charge is 0.412 e. The minimum Gasteiger partial charge on any atom is -0.495 e. The average molecular weight is 1320 g/mol. The van der Waals surface area contributed by atoms with E-state index in [1.807, 2.05) is 39.0 Å². The van der Waals surface area contributed by atoms with Crippen LogP contribution in [0.3, 0.4) is 0 Å². The number of ether oxygens (including phenoxy) is 6. The third kappa shape index (κ3) is 18.7. The normalized spacial score (nSPS) is 25.7. The van der Waals surface area contributed by atoms with Crippen LogP contribution in [0.4, 0.5) is 36.2 Å². The average Bonchev–Trinajstić information content (AvgIpc) is 1.57. The number of aliphatic hydroxyl groups is 1. The van der Waals surface area contributed by atoms with E-state index in [0.29, 0.717) is 41.3 Å². The van der Waals surface area contributed by atoms with E-state index in [4.69, 9.17) is 44.9 Å². The fourth-order valence-corrected chi connectivity index (χ4v) is 12.5. The highest BCUT2D eigenvalue weighted by atomic mass is 35.5. The monoisotopic (exact) mass is 1320 g/mol. The van der Waals surface area contributed by atoms with Crippen molar-refractivity contribution >= 4 is 99.5 Å². The van der Waals surface area contributed by atoms with Crippen molar-refractivity contribution in [1.29, 1.82) is 0 Å². The van der Waals surface area contributed by atoms with Crippen LogP contribution in [-0.4, -0.2) is 188 Å². The maximum Gasteiger partial charge on any atom is 0.412 e. The van der Waals surface area contributed by atoms with Gasteiger partial charge in [-0.25, -0.2) is 24.0 Å². The molecule has 8 amide bonds. The summed E-state index contributed by atoms with van der Waals surface area (Å²) in [5, 5.41) is 20.2. The molecule has 26 nitrogen and oxygen atoms in total. The molecular formula is C64H85ClN8O18S. The second kappa shape index (κ2) is 32.1. The van der Waals surface area contributed by atoms with Crippen LogP contribution in [0.15, 0.2) is 66.3 Å². The van der Waals surface area contributed by atoms with Gasteiger partial charge in [-0.1, -0.05) is 79.6 Å². The van der Waals surface area contributed by atoms with Crippen LogP contribution in [0.2, 0.25) is 5.02 Å². The van der Waals surface area contributed by atoms with Gasteiger partial charge in [-0.15, -0.1) is 5.06 Å². The van der Waals surface area contributed by atoms with Crippen LogP contribution in [0.5, 0.6) is 5.75 Å². The van der Waals surface area contributed by atoms with Crippen molar-refractivity contribution in [3.8, 4) is 5.75 Å². The van der Waals surface area contributed by atoms with Crippen molar-refractivity contribution in [2.45, 2.75) is 148 Å². The minimum atomic E-state index is -1.85. The van der Waals surface area contributed by atoms with Crippen molar-refractivity contribution in [3.63, 3.8) is 0 Å². The fraction of sp³-hybridized carbons (Fsp3) is 0.562. The molecule has 502 valence electrons. The molecule has 3 aliphatic heterocycles. The van der Waals surface area contributed by atoms with Gasteiger partial charge in [0, 0.05) is 85.2 Å². The second-order valence-electron chi connectivity index (χ2n) is 24.2. The van der Waals surface area contributed by atoms with Crippen LogP contribution in [0.1, 0.15) is 109 Å². The number of allylic oxidation sites excluding steroid dienone is 4. The number of nitrogens with zero attached hydrogens (tertiary/aromatic N) is 5. The van der Waals surface area contributed by atoms with Gasteiger partial charge >= 0.3 is 30.2 Å². The number of carbonyl (C=O) groups excluding carboxylic acids is 10. The van der Waals surface area contributed by atoms with E-state index in [0.717, 1.165) is 48.6 Å². The van der Waals surface area contributed by atoms with E-state index < -0.39 is 113 Å². The Balaban J connectivity index is 0.925. The summed E-state index contributed by atoms with van der Waals surface area (Å²) in [6, 6.07) is 7.05. The number of benzene rings is 2. The SMILES string of the molecule is COc1cc2cc(c1Cl)N(C)C(=O)C[C@H](OC(=O)[C@H](C)N(C)C(=O)CCSC(=O)N(C)CCN(C)C(=O)OCc1ccc(NC(=O)OC3/C=C/CCCCC3)c(NCC(=O)ON3C(=O)CCC3=O)c1)C1(C)C[C@H]1[C@H](C)[C@@H]1C[C@@](O)(NC(=O)O1)[C@H](OC)/C=C/C=C(\C)C2. The zero-order valence-corrected chi connectivity index (χ0v) is 55.3. The molecule has 28 heteroatoms. The maximum atomic E-state index is 14.5. The molecule has 4 N–H and O–H groups in total. The van der Waals surface area contributed by atoms with E-state index >= 15 is 0 Å². The van der Waals surface area contributed by atoms with Crippen molar-refractivity contribution in [2.75, 3.05) is 83.3 Å². The third-order valence-corrected chi connectivity index (χ3v) is 18.8. The lowest BCUT2D eigenvalue weighted by atomic mass is 9.83. The van der Waals surface area contributed by atoms with Gasteiger partial charge in [0.05, 0.1) is 30.6 Å². The molecule has 4 bridgehead atoms.